The van der Waals surface area contributed by atoms with Crippen LogP contribution in [0, 0.1) is 0 Å². The van der Waals surface area contributed by atoms with Crippen molar-refractivity contribution in [1.82, 2.24) is 10.6 Å². The molecule has 1 aliphatic heterocycles. The highest BCUT2D eigenvalue weighted by molar-refractivity contribution is 6.40. The molecule has 0 bridgehead atoms. The van der Waals surface area contributed by atoms with Gasteiger partial charge in [-0.2, -0.15) is 5.10 Å². The molecule has 0 unspecified atom stereocenters. The van der Waals surface area contributed by atoms with E-state index >= 15 is 0 Å². The maximum Gasteiger partial charge on any atom is 0.267 e. The number of amides is 3. The number of carbonyl (C=O) groups excluding carboxylic acids is 3. The summed E-state index contributed by atoms with van der Waals surface area (Å²) in [6.07, 6.45) is 0.681. The van der Waals surface area contributed by atoms with Gasteiger partial charge in [0.05, 0.1) is 5.69 Å². The molecule has 0 aliphatic carbocycles. The van der Waals surface area contributed by atoms with Gasteiger partial charge in [0.1, 0.15) is 5.71 Å². The normalized spacial score (nSPS) is 13.6. The molecule has 0 saturated heterocycles. The predicted octanol–water partition coefficient (Wildman–Crippen LogP) is 1.99. The van der Waals surface area contributed by atoms with Crippen molar-refractivity contribution in [3.8, 4) is 0 Å². The number of nitrogens with zero attached hydrogens (tertiary/aromatic N) is 2. The van der Waals surface area contributed by atoms with Crippen molar-refractivity contribution >= 4 is 29.1 Å². The summed E-state index contributed by atoms with van der Waals surface area (Å²) in [4.78, 5) is 36.3. The molecule has 3 amide bonds. The van der Waals surface area contributed by atoms with Crippen LogP contribution in [-0.4, -0.2) is 30.0 Å². The Morgan fingerprint density at radius 3 is 2.32 bits per heavy atom. The fraction of sp³-hybridized carbons (Fsp3) is 0.238. The van der Waals surface area contributed by atoms with Gasteiger partial charge in [-0.05, 0) is 17.7 Å². The number of rotatable bonds is 7. The Hall–Kier alpha value is -3.48. The van der Waals surface area contributed by atoms with Gasteiger partial charge in [-0.25, -0.2) is 5.01 Å². The van der Waals surface area contributed by atoms with E-state index in [0.717, 1.165) is 5.56 Å². The van der Waals surface area contributed by atoms with E-state index in [-0.39, 0.29) is 49.2 Å². The monoisotopic (exact) mass is 378 g/mol. The largest absolute Gasteiger partial charge is 0.352 e. The van der Waals surface area contributed by atoms with Gasteiger partial charge < -0.3 is 10.6 Å². The maximum absolute atomic E-state index is 12.3. The number of nitrogens with one attached hydrogen (secondary N) is 2. The molecule has 1 aliphatic rings. The number of benzene rings is 2. The number of hydrazone groups is 1. The lowest BCUT2D eigenvalue weighted by atomic mass is 10.1. The van der Waals surface area contributed by atoms with Gasteiger partial charge in [-0.3, -0.25) is 14.4 Å². The average molecular weight is 378 g/mol. The Morgan fingerprint density at radius 1 is 0.929 bits per heavy atom. The predicted molar refractivity (Wildman–Crippen MR) is 107 cm³/mol. The molecular formula is C21H22N4O3. The number of carbonyl (C=O) groups is 3. The molecule has 0 saturated carbocycles. The highest BCUT2D eigenvalue weighted by Gasteiger charge is 2.25. The van der Waals surface area contributed by atoms with Crippen molar-refractivity contribution in [2.45, 2.75) is 25.8 Å². The molecule has 0 fully saturated rings. The molecule has 3 rings (SSSR count). The number of para-hydroxylation sites is 1. The van der Waals surface area contributed by atoms with Crippen LogP contribution in [-0.2, 0) is 20.9 Å². The van der Waals surface area contributed by atoms with Crippen molar-refractivity contribution < 1.29 is 14.4 Å². The molecule has 2 aromatic rings. The lowest BCUT2D eigenvalue weighted by Crippen LogP contribution is -2.40. The zero-order valence-corrected chi connectivity index (χ0v) is 15.4. The van der Waals surface area contributed by atoms with E-state index in [0.29, 0.717) is 12.2 Å². The number of hydrogen-bond acceptors (Lipinski definition) is 4. The van der Waals surface area contributed by atoms with Gasteiger partial charge in [0, 0.05) is 32.4 Å². The van der Waals surface area contributed by atoms with Crippen molar-refractivity contribution in [3.05, 3.63) is 66.2 Å². The Balaban J connectivity index is 1.47. The SMILES string of the molecule is O=C(CCNC(=O)C1=NN(c2ccccc2)C(=O)CC1)NCc1ccccc1. The van der Waals surface area contributed by atoms with Crippen LogP contribution in [0.4, 0.5) is 5.69 Å². The van der Waals surface area contributed by atoms with Gasteiger partial charge in [-0.1, -0.05) is 48.5 Å². The number of hydrogen-bond donors (Lipinski definition) is 2. The highest BCUT2D eigenvalue weighted by Crippen LogP contribution is 2.19. The summed E-state index contributed by atoms with van der Waals surface area (Å²) in [6.45, 7) is 0.659. The molecule has 2 N–H and O–H groups in total. The summed E-state index contributed by atoms with van der Waals surface area (Å²) in [7, 11) is 0. The van der Waals surface area contributed by atoms with Crippen LogP contribution in [0.1, 0.15) is 24.8 Å². The first-order valence-electron chi connectivity index (χ1n) is 9.18. The van der Waals surface area contributed by atoms with Gasteiger partial charge in [0.15, 0.2) is 0 Å². The minimum absolute atomic E-state index is 0.143. The van der Waals surface area contributed by atoms with E-state index in [2.05, 4.69) is 15.7 Å². The van der Waals surface area contributed by atoms with Crippen molar-refractivity contribution in [2.24, 2.45) is 5.10 Å². The van der Waals surface area contributed by atoms with Gasteiger partial charge in [0.25, 0.3) is 5.91 Å². The molecule has 7 nitrogen and oxygen atoms in total. The zero-order valence-electron chi connectivity index (χ0n) is 15.4. The first-order valence-corrected chi connectivity index (χ1v) is 9.18. The van der Waals surface area contributed by atoms with Crippen LogP contribution < -0.4 is 15.6 Å². The summed E-state index contributed by atoms with van der Waals surface area (Å²) in [5.41, 5.74) is 1.92. The molecule has 28 heavy (non-hydrogen) atoms. The Bertz CT molecular complexity index is 866. The summed E-state index contributed by atoms with van der Waals surface area (Å²) >= 11 is 0. The second kappa shape index (κ2) is 9.45. The third kappa shape index (κ3) is 5.26. The molecule has 0 atom stereocenters. The van der Waals surface area contributed by atoms with Crippen LogP contribution in [0.5, 0.6) is 0 Å². The molecular weight excluding hydrogens is 356 g/mol. The van der Waals surface area contributed by atoms with Crippen molar-refractivity contribution in [2.75, 3.05) is 11.6 Å². The van der Waals surface area contributed by atoms with Crippen LogP contribution in [0.15, 0.2) is 65.8 Å². The highest BCUT2D eigenvalue weighted by atomic mass is 16.2. The standard InChI is InChI=1S/C21H22N4O3/c26-19(23-15-16-7-3-1-4-8-16)13-14-22-21(28)18-11-12-20(27)25(24-18)17-9-5-2-6-10-17/h1-10H,11-15H2,(H,22,28)(H,23,26). The minimum Gasteiger partial charge on any atom is -0.352 e. The third-order valence-corrected chi connectivity index (χ3v) is 4.27. The summed E-state index contributed by atoms with van der Waals surface area (Å²) in [5.74, 6) is -0.650. The number of anilines is 1. The topological polar surface area (TPSA) is 90.9 Å². The molecule has 1 heterocycles. The average Bonchev–Trinajstić information content (AvgIpc) is 2.74. The van der Waals surface area contributed by atoms with Crippen LogP contribution in [0.25, 0.3) is 0 Å². The lowest BCUT2D eigenvalue weighted by molar-refractivity contribution is -0.121. The van der Waals surface area contributed by atoms with Gasteiger partial charge in [0.2, 0.25) is 11.8 Å². The zero-order chi connectivity index (χ0) is 19.8. The minimum atomic E-state index is -0.357. The molecule has 0 radical (unpaired) electrons. The Morgan fingerprint density at radius 2 is 1.61 bits per heavy atom. The first-order chi connectivity index (χ1) is 13.6. The Labute approximate surface area is 163 Å². The molecule has 144 valence electrons. The van der Waals surface area contributed by atoms with E-state index in [1.165, 1.54) is 5.01 Å². The molecule has 0 aromatic heterocycles. The smallest absolute Gasteiger partial charge is 0.267 e. The summed E-state index contributed by atoms with van der Waals surface area (Å²) in [5, 5.41) is 11.0. The maximum atomic E-state index is 12.3. The van der Waals surface area contributed by atoms with Gasteiger partial charge >= 0.3 is 0 Å². The summed E-state index contributed by atoms with van der Waals surface area (Å²) < 4.78 is 0. The van der Waals surface area contributed by atoms with E-state index in [9.17, 15) is 14.4 Å². The molecule has 7 heteroatoms. The van der Waals surface area contributed by atoms with Crippen LogP contribution >= 0.6 is 0 Å². The Kier molecular flexibility index (Phi) is 6.51. The van der Waals surface area contributed by atoms with E-state index in [4.69, 9.17) is 0 Å². The van der Waals surface area contributed by atoms with E-state index in [1.54, 1.807) is 24.3 Å². The fourth-order valence-corrected chi connectivity index (χ4v) is 2.76. The van der Waals surface area contributed by atoms with E-state index in [1.807, 2.05) is 36.4 Å². The van der Waals surface area contributed by atoms with Gasteiger partial charge in [-0.15, -0.1) is 0 Å². The first kappa shape index (κ1) is 19.3. The third-order valence-electron chi connectivity index (χ3n) is 4.27. The van der Waals surface area contributed by atoms with Crippen LogP contribution in [0.2, 0.25) is 0 Å². The van der Waals surface area contributed by atoms with Crippen LogP contribution in [0.3, 0.4) is 0 Å². The van der Waals surface area contributed by atoms with Crippen molar-refractivity contribution in [1.29, 1.82) is 0 Å². The second-order valence-corrected chi connectivity index (χ2v) is 6.36. The quantitative estimate of drug-likeness (QED) is 0.772. The lowest BCUT2D eigenvalue weighted by Gasteiger charge is -2.23. The van der Waals surface area contributed by atoms with Crippen molar-refractivity contribution in [3.63, 3.8) is 0 Å². The molecule has 0 spiro atoms. The van der Waals surface area contributed by atoms with E-state index < -0.39 is 0 Å². The second-order valence-electron chi connectivity index (χ2n) is 6.36. The summed E-state index contributed by atoms with van der Waals surface area (Å²) in [6, 6.07) is 18.6. The fourth-order valence-electron chi connectivity index (χ4n) is 2.76. The molecule has 2 aromatic carbocycles.